The van der Waals surface area contributed by atoms with Crippen molar-refractivity contribution in [2.24, 2.45) is 0 Å². The van der Waals surface area contributed by atoms with Gasteiger partial charge in [-0.1, -0.05) is 48.0 Å². The van der Waals surface area contributed by atoms with Crippen molar-refractivity contribution in [3.63, 3.8) is 0 Å². The van der Waals surface area contributed by atoms with Gasteiger partial charge in [0.15, 0.2) is 6.10 Å². The number of carbonyl (C=O) groups excluding carboxylic acids is 2. The summed E-state index contributed by atoms with van der Waals surface area (Å²) in [6.07, 6.45) is -1.70. The minimum atomic E-state index is -1.67. The molecule has 7 nitrogen and oxygen atoms in total. The fourth-order valence-corrected chi connectivity index (χ4v) is 2.98. The Morgan fingerprint density at radius 1 is 1.10 bits per heavy atom. The van der Waals surface area contributed by atoms with E-state index in [4.69, 9.17) is 16.7 Å². The number of carbonyl (C=O) groups is 3. The molecule has 2 atom stereocenters. The fourth-order valence-electron chi connectivity index (χ4n) is 2.79. The second kappa shape index (κ2) is 10.6. The molecule has 0 aliphatic rings. The zero-order chi connectivity index (χ0) is 21.4. The van der Waals surface area contributed by atoms with Crippen LogP contribution in [-0.4, -0.2) is 46.8 Å². The van der Waals surface area contributed by atoms with Crippen LogP contribution in [0.2, 0.25) is 5.02 Å². The van der Waals surface area contributed by atoms with E-state index >= 15 is 0 Å². The highest BCUT2D eigenvalue weighted by atomic mass is 35.5. The number of amides is 1. The van der Waals surface area contributed by atoms with Gasteiger partial charge in [0, 0.05) is 17.5 Å². The van der Waals surface area contributed by atoms with E-state index in [9.17, 15) is 19.5 Å². The zero-order valence-electron chi connectivity index (χ0n) is 15.8. The van der Waals surface area contributed by atoms with Gasteiger partial charge in [-0.05, 0) is 42.2 Å². The molecule has 29 heavy (non-hydrogen) atoms. The van der Waals surface area contributed by atoms with Crippen molar-refractivity contribution in [2.75, 3.05) is 6.61 Å². The minimum absolute atomic E-state index is 0.0413. The Labute approximate surface area is 173 Å². The molecule has 1 amide bonds. The first-order valence-corrected chi connectivity index (χ1v) is 9.41. The first-order valence-electron chi connectivity index (χ1n) is 9.03. The highest BCUT2D eigenvalue weighted by molar-refractivity contribution is 6.32. The minimum Gasteiger partial charge on any atom is -0.479 e. The molecule has 0 fully saturated rings. The summed E-state index contributed by atoms with van der Waals surface area (Å²) < 4.78 is 4.64. The molecular formula is C21H22ClNO6. The van der Waals surface area contributed by atoms with Gasteiger partial charge >= 0.3 is 17.8 Å². The monoisotopic (exact) mass is 419 g/mol. The molecule has 2 aromatic rings. The van der Waals surface area contributed by atoms with Gasteiger partial charge in [0.05, 0.1) is 6.61 Å². The Morgan fingerprint density at radius 3 is 2.38 bits per heavy atom. The molecule has 0 radical (unpaired) electrons. The van der Waals surface area contributed by atoms with E-state index in [0.29, 0.717) is 5.02 Å². The van der Waals surface area contributed by atoms with Gasteiger partial charge in [-0.15, -0.1) is 0 Å². The molecule has 0 heterocycles. The summed E-state index contributed by atoms with van der Waals surface area (Å²) in [4.78, 5) is 34.5. The maximum Gasteiger partial charge on any atom is 0.396 e. The highest BCUT2D eigenvalue weighted by Crippen LogP contribution is 2.23. The molecule has 0 spiro atoms. The second-order valence-electron chi connectivity index (χ2n) is 6.39. The Balaban J connectivity index is 2.13. The van der Waals surface area contributed by atoms with Crippen molar-refractivity contribution in [1.29, 1.82) is 0 Å². The van der Waals surface area contributed by atoms with Gasteiger partial charge in [-0.25, -0.2) is 9.59 Å². The number of halogens is 1. The standard InChI is InChI=1S/C21H22ClNO6/c1-2-29-21(28)19(25)23-17(12-18(24)20(26)27)10-13-6-8-14(9-7-13)15-4-3-5-16(22)11-15/h3-9,11,17-18,24H,2,10,12H2,1H3,(H,23,25)(H,26,27)/t17-,18-/m1/s1. The van der Waals surface area contributed by atoms with Crippen LogP contribution in [0.4, 0.5) is 0 Å². The summed E-state index contributed by atoms with van der Waals surface area (Å²) >= 11 is 6.02. The number of carboxylic acids is 1. The van der Waals surface area contributed by atoms with E-state index in [-0.39, 0.29) is 19.4 Å². The predicted molar refractivity (Wildman–Crippen MR) is 107 cm³/mol. The van der Waals surface area contributed by atoms with Gasteiger partial charge in [0.1, 0.15) is 0 Å². The highest BCUT2D eigenvalue weighted by Gasteiger charge is 2.25. The second-order valence-corrected chi connectivity index (χ2v) is 6.83. The number of rotatable bonds is 8. The summed E-state index contributed by atoms with van der Waals surface area (Å²) in [7, 11) is 0. The third kappa shape index (κ3) is 6.89. The van der Waals surface area contributed by atoms with Crippen LogP contribution in [0, 0.1) is 0 Å². The Hall–Kier alpha value is -2.90. The van der Waals surface area contributed by atoms with E-state index in [0.717, 1.165) is 16.7 Å². The van der Waals surface area contributed by atoms with Crippen LogP contribution in [0.15, 0.2) is 48.5 Å². The van der Waals surface area contributed by atoms with Gasteiger partial charge in [0.2, 0.25) is 0 Å². The summed E-state index contributed by atoms with van der Waals surface area (Å²) in [6.45, 7) is 1.61. The molecule has 0 aliphatic carbocycles. The van der Waals surface area contributed by atoms with E-state index < -0.39 is 30.0 Å². The summed E-state index contributed by atoms with van der Waals surface area (Å²) in [5.74, 6) is -3.44. The third-order valence-corrected chi connectivity index (χ3v) is 4.42. The van der Waals surface area contributed by atoms with Gasteiger partial charge in [-0.2, -0.15) is 0 Å². The molecule has 2 rings (SSSR count). The Kier molecular flexibility index (Phi) is 8.18. The summed E-state index contributed by atoms with van der Waals surface area (Å²) in [6, 6.07) is 14.0. The molecule has 154 valence electrons. The lowest BCUT2D eigenvalue weighted by atomic mass is 9.98. The van der Waals surface area contributed by atoms with E-state index in [1.54, 1.807) is 13.0 Å². The van der Waals surface area contributed by atoms with Crippen molar-refractivity contribution >= 4 is 29.4 Å². The van der Waals surface area contributed by atoms with Crippen molar-refractivity contribution in [3.05, 3.63) is 59.1 Å². The molecule has 0 unspecified atom stereocenters. The van der Waals surface area contributed by atoms with Crippen molar-refractivity contribution in [2.45, 2.75) is 31.9 Å². The van der Waals surface area contributed by atoms with Crippen LogP contribution in [0.3, 0.4) is 0 Å². The average Bonchev–Trinajstić information content (AvgIpc) is 2.68. The van der Waals surface area contributed by atoms with E-state index in [1.165, 1.54) is 0 Å². The van der Waals surface area contributed by atoms with Crippen LogP contribution in [0.25, 0.3) is 11.1 Å². The lowest BCUT2D eigenvalue weighted by molar-refractivity contribution is -0.155. The number of nitrogens with one attached hydrogen (secondary N) is 1. The smallest absolute Gasteiger partial charge is 0.396 e. The van der Waals surface area contributed by atoms with Crippen molar-refractivity contribution < 1.29 is 29.3 Å². The topological polar surface area (TPSA) is 113 Å². The van der Waals surface area contributed by atoms with Crippen molar-refractivity contribution in [1.82, 2.24) is 5.32 Å². The lowest BCUT2D eigenvalue weighted by Gasteiger charge is -2.20. The zero-order valence-corrected chi connectivity index (χ0v) is 16.6. The molecule has 0 aromatic heterocycles. The van der Waals surface area contributed by atoms with Crippen LogP contribution in [-0.2, 0) is 25.5 Å². The first-order chi connectivity index (χ1) is 13.8. The average molecular weight is 420 g/mol. The predicted octanol–water partition coefficient (Wildman–Crippen LogP) is 2.43. The number of hydrogen-bond acceptors (Lipinski definition) is 5. The molecule has 0 aliphatic heterocycles. The van der Waals surface area contributed by atoms with Gasteiger partial charge < -0.3 is 20.3 Å². The van der Waals surface area contributed by atoms with Crippen LogP contribution in [0.5, 0.6) is 0 Å². The number of carboxylic acid groups (broad SMARTS) is 1. The maximum atomic E-state index is 11.9. The molecule has 8 heteroatoms. The molecule has 0 saturated carbocycles. The number of aliphatic hydroxyl groups is 1. The van der Waals surface area contributed by atoms with E-state index in [2.05, 4.69) is 10.1 Å². The normalized spacial score (nSPS) is 12.7. The Bertz CT molecular complexity index is 868. The third-order valence-electron chi connectivity index (χ3n) is 4.18. The SMILES string of the molecule is CCOC(=O)C(=O)N[C@H](Cc1ccc(-c2cccc(Cl)c2)cc1)C[C@@H](O)C(=O)O. The number of ether oxygens (including phenoxy) is 1. The molecular weight excluding hydrogens is 398 g/mol. The molecule has 0 bridgehead atoms. The summed E-state index contributed by atoms with van der Waals surface area (Å²) in [5.41, 5.74) is 2.67. The van der Waals surface area contributed by atoms with Crippen LogP contribution in [0.1, 0.15) is 18.9 Å². The number of benzene rings is 2. The molecule has 0 saturated heterocycles. The molecule has 3 N–H and O–H groups in total. The fraction of sp³-hybridized carbons (Fsp3) is 0.286. The number of aliphatic hydroxyl groups excluding tert-OH is 1. The van der Waals surface area contributed by atoms with E-state index in [1.807, 2.05) is 42.5 Å². The summed E-state index contributed by atoms with van der Waals surface area (Å²) in [5, 5.41) is 21.7. The van der Waals surface area contributed by atoms with Gasteiger partial charge in [0.25, 0.3) is 0 Å². The van der Waals surface area contributed by atoms with Crippen molar-refractivity contribution in [3.8, 4) is 11.1 Å². The van der Waals surface area contributed by atoms with Crippen LogP contribution >= 0.6 is 11.6 Å². The Morgan fingerprint density at radius 2 is 1.79 bits per heavy atom. The number of esters is 1. The van der Waals surface area contributed by atoms with Crippen LogP contribution < -0.4 is 5.32 Å². The first kappa shape index (κ1) is 22.4. The number of hydrogen-bond donors (Lipinski definition) is 3. The maximum absolute atomic E-state index is 11.9. The van der Waals surface area contributed by atoms with Gasteiger partial charge in [-0.3, -0.25) is 4.79 Å². The largest absolute Gasteiger partial charge is 0.479 e. The molecule has 2 aromatic carbocycles. The number of aliphatic carboxylic acids is 1. The quantitative estimate of drug-likeness (QED) is 0.447. The lowest BCUT2D eigenvalue weighted by Crippen LogP contribution is -2.44.